The van der Waals surface area contributed by atoms with E-state index in [0.717, 1.165) is 60.4 Å². The maximum Gasteiger partial charge on any atom is 0.240 e. The smallest absolute Gasteiger partial charge is 0.240 e. The van der Waals surface area contributed by atoms with Crippen LogP contribution in [0.4, 0.5) is 0 Å². The van der Waals surface area contributed by atoms with Gasteiger partial charge in [-0.25, -0.2) is 0 Å². The van der Waals surface area contributed by atoms with Gasteiger partial charge in [-0.15, -0.1) is 0 Å². The lowest BCUT2D eigenvalue weighted by molar-refractivity contribution is 0.893. The average molecular weight is 653 g/mol. The van der Waals surface area contributed by atoms with Gasteiger partial charge < -0.3 is 4.57 Å². The van der Waals surface area contributed by atoms with Crippen molar-refractivity contribution in [2.45, 2.75) is 0 Å². The van der Waals surface area contributed by atoms with Crippen molar-refractivity contribution in [2.75, 3.05) is 0 Å². The highest BCUT2D eigenvalue weighted by molar-refractivity contribution is 6.26. The number of nitrogens with zero attached hydrogens (tertiary/aromatic N) is 6. The molecule has 51 heavy (non-hydrogen) atoms. The van der Waals surface area contributed by atoms with E-state index < -0.39 is 0 Å². The van der Waals surface area contributed by atoms with Gasteiger partial charge in [-0.2, -0.15) is 15.0 Å². The van der Waals surface area contributed by atoms with Crippen LogP contribution in [0.15, 0.2) is 170 Å². The Labute approximate surface area is 292 Å². The monoisotopic (exact) mass is 652 g/mol. The molecule has 4 aromatic heterocycles. The highest BCUT2D eigenvalue weighted by Gasteiger charge is 2.23. The molecule has 6 nitrogen and oxygen atoms in total. The number of aromatic nitrogens is 6. The Balaban J connectivity index is 1.29. The number of benzene rings is 7. The first kappa shape index (κ1) is 27.9. The minimum Gasteiger partial charge on any atom is -0.309 e. The molecule has 11 aromatic rings. The Morgan fingerprint density at radius 3 is 1.37 bits per heavy atom. The minimum atomic E-state index is 0.564. The van der Waals surface area contributed by atoms with Crippen molar-refractivity contribution in [1.82, 2.24) is 28.7 Å². The number of hydrogen-bond donors (Lipinski definition) is 0. The summed E-state index contributed by atoms with van der Waals surface area (Å²) in [6.45, 7) is 0. The number of hydrogen-bond acceptors (Lipinski definition) is 3. The second-order valence-electron chi connectivity index (χ2n) is 12.9. The lowest BCUT2D eigenvalue weighted by atomic mass is 10.1. The first-order valence-electron chi connectivity index (χ1n) is 17.1. The summed E-state index contributed by atoms with van der Waals surface area (Å²) in [4.78, 5) is 15.8. The van der Waals surface area contributed by atoms with E-state index in [0.29, 0.717) is 17.7 Å². The van der Waals surface area contributed by atoms with Crippen LogP contribution in [-0.2, 0) is 0 Å². The van der Waals surface area contributed by atoms with Crippen LogP contribution in [0.25, 0.3) is 94.4 Å². The summed E-state index contributed by atoms with van der Waals surface area (Å²) in [7, 11) is 0. The molecular weight excluding hydrogens is 625 g/mol. The van der Waals surface area contributed by atoms with Crippen LogP contribution in [0.2, 0.25) is 0 Å². The zero-order chi connectivity index (χ0) is 33.5. The molecule has 0 saturated carbocycles. The van der Waals surface area contributed by atoms with Gasteiger partial charge in [0.25, 0.3) is 0 Å². The molecule has 7 aromatic carbocycles. The summed E-state index contributed by atoms with van der Waals surface area (Å²) in [6, 6.07) is 59.5. The molecule has 0 amide bonds. The molecule has 0 aliphatic rings. The van der Waals surface area contributed by atoms with Crippen molar-refractivity contribution in [1.29, 1.82) is 0 Å². The second-order valence-corrected chi connectivity index (χ2v) is 12.9. The molecular formula is C45H28N6. The number of fused-ring (bicyclic) bond motifs is 10. The van der Waals surface area contributed by atoms with E-state index in [1.54, 1.807) is 0 Å². The molecule has 0 fully saturated rings. The largest absolute Gasteiger partial charge is 0.309 e. The fourth-order valence-electron chi connectivity index (χ4n) is 7.98. The molecule has 6 heteroatoms. The van der Waals surface area contributed by atoms with Crippen LogP contribution in [0.3, 0.4) is 0 Å². The van der Waals surface area contributed by atoms with Gasteiger partial charge in [0.05, 0.1) is 33.1 Å². The molecule has 0 unspecified atom stereocenters. The Bertz CT molecular complexity index is 3080. The summed E-state index contributed by atoms with van der Waals surface area (Å²) >= 11 is 0. The molecule has 4 heterocycles. The fourth-order valence-corrected chi connectivity index (χ4v) is 7.98. The first-order valence-corrected chi connectivity index (χ1v) is 17.1. The van der Waals surface area contributed by atoms with Crippen molar-refractivity contribution < 1.29 is 0 Å². The number of para-hydroxylation sites is 5. The summed E-state index contributed by atoms with van der Waals surface area (Å²) < 4.78 is 6.78. The molecule has 0 aliphatic heterocycles. The molecule has 0 radical (unpaired) electrons. The summed E-state index contributed by atoms with van der Waals surface area (Å²) in [5.74, 6) is 1.75. The van der Waals surface area contributed by atoms with Gasteiger partial charge in [-0.3, -0.25) is 9.13 Å². The van der Waals surface area contributed by atoms with Crippen LogP contribution in [0, 0.1) is 0 Å². The van der Waals surface area contributed by atoms with Gasteiger partial charge >= 0.3 is 0 Å². The van der Waals surface area contributed by atoms with Gasteiger partial charge in [0.15, 0.2) is 5.82 Å². The third kappa shape index (κ3) is 4.01. The van der Waals surface area contributed by atoms with Crippen molar-refractivity contribution in [3.63, 3.8) is 0 Å². The van der Waals surface area contributed by atoms with Crippen LogP contribution in [0.5, 0.6) is 0 Å². The SMILES string of the molecule is c1ccc(-c2nc(-n3c4ccccc4c4ccccc43)nc(-n3c4ccccc4c4c3ccc3c5ccccc5n(-c5ccccc5)c34)n2)cc1. The predicted molar refractivity (Wildman–Crippen MR) is 208 cm³/mol. The summed E-state index contributed by atoms with van der Waals surface area (Å²) in [5, 5.41) is 7.03. The van der Waals surface area contributed by atoms with Crippen molar-refractivity contribution in [3.05, 3.63) is 170 Å². The lowest BCUT2D eigenvalue weighted by Gasteiger charge is -2.12. The first-order chi connectivity index (χ1) is 25.3. The molecule has 0 atom stereocenters. The van der Waals surface area contributed by atoms with Gasteiger partial charge in [-0.1, -0.05) is 127 Å². The Morgan fingerprint density at radius 1 is 0.314 bits per heavy atom. The molecule has 238 valence electrons. The quantitative estimate of drug-likeness (QED) is 0.190. The highest BCUT2D eigenvalue weighted by Crippen LogP contribution is 2.42. The third-order valence-corrected chi connectivity index (χ3v) is 10.1. The normalized spacial score (nSPS) is 11.9. The number of rotatable bonds is 4. The van der Waals surface area contributed by atoms with E-state index in [1.807, 2.05) is 18.2 Å². The van der Waals surface area contributed by atoms with Crippen LogP contribution in [-0.4, -0.2) is 28.7 Å². The molecule has 0 saturated heterocycles. The zero-order valence-corrected chi connectivity index (χ0v) is 27.3. The predicted octanol–water partition coefficient (Wildman–Crippen LogP) is 10.8. The molecule has 0 aliphatic carbocycles. The average Bonchev–Trinajstić information content (AvgIpc) is 3.84. The molecule has 0 bridgehead atoms. The van der Waals surface area contributed by atoms with Gasteiger partial charge in [0.2, 0.25) is 11.9 Å². The van der Waals surface area contributed by atoms with E-state index in [9.17, 15) is 0 Å². The van der Waals surface area contributed by atoms with Crippen molar-refractivity contribution in [3.8, 4) is 29.0 Å². The fraction of sp³-hybridized carbons (Fsp3) is 0. The standard InChI is InChI=1S/C45H28N6/c1-3-15-29(16-4-1)43-46-44(50-37-24-12-7-19-31(37)32-20-8-13-25-38(32)50)48-45(47-43)51-39-26-14-10-22-35(39)41-40(51)28-27-34-33-21-9-11-23-36(33)49(42(34)41)30-17-5-2-6-18-30/h1-28H. The molecule has 0 N–H and O–H groups in total. The second kappa shape index (κ2) is 10.7. The van der Waals surface area contributed by atoms with E-state index in [-0.39, 0.29) is 0 Å². The van der Waals surface area contributed by atoms with Crippen molar-refractivity contribution in [2.24, 2.45) is 0 Å². The topological polar surface area (TPSA) is 53.5 Å². The minimum absolute atomic E-state index is 0.564. The zero-order valence-electron chi connectivity index (χ0n) is 27.3. The van der Waals surface area contributed by atoms with Crippen LogP contribution < -0.4 is 0 Å². The van der Waals surface area contributed by atoms with Crippen molar-refractivity contribution >= 4 is 65.4 Å². The lowest BCUT2D eigenvalue weighted by Crippen LogP contribution is -2.10. The Hall–Kier alpha value is -7.05. The van der Waals surface area contributed by atoms with E-state index in [2.05, 4.69) is 165 Å². The van der Waals surface area contributed by atoms with Gasteiger partial charge in [0.1, 0.15) is 0 Å². The van der Waals surface area contributed by atoms with E-state index in [4.69, 9.17) is 15.0 Å². The molecule has 0 spiro atoms. The summed E-state index contributed by atoms with van der Waals surface area (Å²) in [5.41, 5.74) is 8.53. The van der Waals surface area contributed by atoms with E-state index >= 15 is 0 Å². The summed E-state index contributed by atoms with van der Waals surface area (Å²) in [6.07, 6.45) is 0. The van der Waals surface area contributed by atoms with Gasteiger partial charge in [0, 0.05) is 43.6 Å². The Kier molecular flexibility index (Phi) is 5.86. The van der Waals surface area contributed by atoms with Crippen LogP contribution in [0.1, 0.15) is 0 Å². The molecule has 11 rings (SSSR count). The van der Waals surface area contributed by atoms with E-state index in [1.165, 1.54) is 16.3 Å². The third-order valence-electron chi connectivity index (χ3n) is 10.1. The Morgan fingerprint density at radius 2 is 0.765 bits per heavy atom. The maximum absolute atomic E-state index is 5.34. The van der Waals surface area contributed by atoms with Gasteiger partial charge in [-0.05, 0) is 42.5 Å². The highest BCUT2D eigenvalue weighted by atomic mass is 15.3. The maximum atomic E-state index is 5.34. The van der Waals surface area contributed by atoms with Crippen LogP contribution >= 0.6 is 0 Å².